The van der Waals surface area contributed by atoms with Crippen LogP contribution < -0.4 is 16.4 Å². The number of carboxylic acids is 1. The molecule has 0 saturated carbocycles. The van der Waals surface area contributed by atoms with Crippen molar-refractivity contribution in [2.75, 3.05) is 6.54 Å². The Kier molecular flexibility index (Phi) is 17.0. The van der Waals surface area contributed by atoms with Crippen LogP contribution in [0, 0.1) is 18.8 Å². The summed E-state index contributed by atoms with van der Waals surface area (Å²) in [5, 5.41) is 31.2. The Hall–Kier alpha value is -1.60. The molecule has 0 aromatic rings. The third-order valence-electron chi connectivity index (χ3n) is 4.42. The van der Waals surface area contributed by atoms with Gasteiger partial charge in [0.2, 0.25) is 5.91 Å². The van der Waals surface area contributed by atoms with E-state index >= 15 is 0 Å². The van der Waals surface area contributed by atoms with Crippen molar-refractivity contribution in [1.82, 2.24) is 10.6 Å². The van der Waals surface area contributed by atoms with Crippen LogP contribution in [0.1, 0.15) is 52.9 Å². The minimum Gasteiger partial charge on any atom is -0.480 e. The molecule has 8 nitrogen and oxygen atoms in total. The zero-order valence-corrected chi connectivity index (χ0v) is 16.7. The van der Waals surface area contributed by atoms with Crippen LogP contribution in [0.3, 0.4) is 0 Å². The molecule has 7 N–H and O–H groups in total. The fourth-order valence-corrected chi connectivity index (χ4v) is 2.43. The molecule has 1 amide bonds. The maximum absolute atomic E-state index is 11.9. The molecule has 4 atom stereocenters. The number of nitrogens with two attached hydrogens (primary N) is 1. The number of carbonyl (C=O) groups is 2. The average molecular weight is 385 g/mol. The van der Waals surface area contributed by atoms with Gasteiger partial charge in [-0.15, -0.1) is 12.8 Å². The largest absolute Gasteiger partial charge is 0.480 e. The van der Waals surface area contributed by atoms with E-state index in [-0.39, 0.29) is 17.9 Å². The predicted octanol–water partition coefficient (Wildman–Crippen LogP) is 0.190. The number of carboxylic acid groups (broad SMARTS) is 1. The number of carbonyl (C=O) groups excluding carboxylic acids is 1. The van der Waals surface area contributed by atoms with E-state index in [0.717, 1.165) is 25.7 Å². The van der Waals surface area contributed by atoms with E-state index in [9.17, 15) is 9.59 Å². The van der Waals surface area contributed by atoms with Crippen LogP contribution in [0.2, 0.25) is 6.32 Å². The van der Waals surface area contributed by atoms with Crippen LogP contribution >= 0.6 is 0 Å². The first-order valence-electron chi connectivity index (χ1n) is 9.44. The average Bonchev–Trinajstić information content (AvgIpc) is 2.67. The van der Waals surface area contributed by atoms with Gasteiger partial charge >= 0.3 is 13.1 Å². The zero-order chi connectivity index (χ0) is 21.4. The van der Waals surface area contributed by atoms with Crippen molar-refractivity contribution in [3.05, 3.63) is 0 Å². The molecule has 0 spiro atoms. The molecule has 1 heterocycles. The van der Waals surface area contributed by atoms with Gasteiger partial charge in [0.1, 0.15) is 6.04 Å². The Morgan fingerprint density at radius 3 is 2.33 bits per heavy atom. The summed E-state index contributed by atoms with van der Waals surface area (Å²) in [6, 6.07) is -1.20. The van der Waals surface area contributed by atoms with Gasteiger partial charge in [-0.3, -0.25) is 9.59 Å². The highest BCUT2D eigenvalue weighted by molar-refractivity contribution is 6.40. The molecule has 1 rings (SSSR count). The van der Waals surface area contributed by atoms with Crippen molar-refractivity contribution in [3.8, 4) is 12.8 Å². The van der Waals surface area contributed by atoms with Gasteiger partial charge in [0.05, 0.1) is 6.04 Å². The summed E-state index contributed by atoms with van der Waals surface area (Å²) in [5.41, 5.74) is 5.84. The lowest BCUT2D eigenvalue weighted by Crippen LogP contribution is -2.54. The Morgan fingerprint density at radius 1 is 1.33 bits per heavy atom. The molecule has 1 fully saturated rings. The van der Waals surface area contributed by atoms with Crippen LogP contribution in [-0.4, -0.2) is 58.8 Å². The van der Waals surface area contributed by atoms with Gasteiger partial charge in [-0.2, -0.15) is 0 Å². The lowest BCUT2D eigenvalue weighted by atomic mass is 9.84. The normalized spacial score (nSPS) is 20.6. The molecule has 0 aliphatic carbocycles. The molecule has 9 heteroatoms. The fraction of sp³-hybridized carbons (Fsp3) is 0.778. The summed E-state index contributed by atoms with van der Waals surface area (Å²) >= 11 is 0. The first-order chi connectivity index (χ1) is 12.7. The monoisotopic (exact) mass is 385 g/mol. The second kappa shape index (κ2) is 16.6. The van der Waals surface area contributed by atoms with Gasteiger partial charge in [0, 0.05) is 6.04 Å². The van der Waals surface area contributed by atoms with E-state index in [1.807, 2.05) is 20.8 Å². The van der Waals surface area contributed by atoms with Crippen LogP contribution in [0.25, 0.3) is 0 Å². The topological polar surface area (TPSA) is 145 Å². The van der Waals surface area contributed by atoms with Crippen LogP contribution in [-0.2, 0) is 9.59 Å². The highest BCUT2D eigenvalue weighted by Gasteiger charge is 2.29. The van der Waals surface area contributed by atoms with Crippen LogP contribution in [0.5, 0.6) is 0 Å². The maximum Gasteiger partial charge on any atom is 0.451 e. The van der Waals surface area contributed by atoms with E-state index in [0.29, 0.717) is 19.3 Å². The van der Waals surface area contributed by atoms with Crippen LogP contribution in [0.4, 0.5) is 0 Å². The van der Waals surface area contributed by atoms with E-state index in [4.69, 9.17) is 20.9 Å². The fourth-order valence-electron chi connectivity index (χ4n) is 2.43. The lowest BCUT2D eigenvalue weighted by molar-refractivity contribution is -0.140. The Morgan fingerprint density at radius 2 is 1.93 bits per heavy atom. The molecule has 0 bridgehead atoms. The Labute approximate surface area is 163 Å². The van der Waals surface area contributed by atoms with Gasteiger partial charge in [-0.25, -0.2) is 0 Å². The maximum atomic E-state index is 11.9. The van der Waals surface area contributed by atoms with Crippen LogP contribution in [0.15, 0.2) is 0 Å². The number of hydrogen-bond acceptors (Lipinski definition) is 6. The number of unbranched alkanes of at least 4 members (excludes halogenated alkanes) is 1. The number of aliphatic carboxylic acids is 1. The number of piperidine rings is 1. The first-order valence-corrected chi connectivity index (χ1v) is 9.44. The number of terminal acetylenes is 1. The van der Waals surface area contributed by atoms with Gasteiger partial charge in [0.25, 0.3) is 0 Å². The molecular weight excluding hydrogens is 349 g/mol. The number of amides is 1. The number of rotatable bonds is 8. The van der Waals surface area contributed by atoms with Gasteiger partial charge in [-0.05, 0) is 31.6 Å². The molecular formula is C18H36BN3O5. The van der Waals surface area contributed by atoms with Crippen molar-refractivity contribution >= 4 is 19.0 Å². The molecule has 0 radical (unpaired) electrons. The first kappa shape index (κ1) is 27.6. The van der Waals surface area contributed by atoms with Crippen molar-refractivity contribution in [3.63, 3.8) is 0 Å². The molecule has 0 aromatic heterocycles. The molecule has 0 unspecified atom stereocenters. The Bertz CT molecular complexity index is 434. The third-order valence-corrected chi connectivity index (χ3v) is 4.42. The minimum absolute atomic E-state index is 0.102. The zero-order valence-electron chi connectivity index (χ0n) is 16.7. The molecule has 1 saturated heterocycles. The minimum atomic E-state index is -1.10. The second-order valence-corrected chi connectivity index (χ2v) is 6.61. The smallest absolute Gasteiger partial charge is 0.451 e. The summed E-state index contributed by atoms with van der Waals surface area (Å²) in [7, 11) is -1.10. The molecule has 27 heavy (non-hydrogen) atoms. The molecule has 1 aliphatic heterocycles. The van der Waals surface area contributed by atoms with E-state index in [2.05, 4.69) is 23.5 Å². The highest BCUT2D eigenvalue weighted by atomic mass is 16.4. The van der Waals surface area contributed by atoms with E-state index < -0.39 is 25.2 Å². The van der Waals surface area contributed by atoms with Crippen molar-refractivity contribution in [2.24, 2.45) is 11.7 Å². The Balaban J connectivity index is 0. The van der Waals surface area contributed by atoms with Gasteiger partial charge < -0.3 is 31.5 Å². The summed E-state index contributed by atoms with van der Waals surface area (Å²) in [5.74, 6) is -0.928. The van der Waals surface area contributed by atoms with Crippen molar-refractivity contribution in [1.29, 1.82) is 0 Å². The predicted molar refractivity (Wildman–Crippen MR) is 108 cm³/mol. The quantitative estimate of drug-likeness (QED) is 0.258. The second-order valence-electron chi connectivity index (χ2n) is 6.61. The van der Waals surface area contributed by atoms with Crippen molar-refractivity contribution in [2.45, 2.75) is 77.3 Å². The molecule has 156 valence electrons. The van der Waals surface area contributed by atoms with Crippen molar-refractivity contribution < 1.29 is 24.7 Å². The molecule has 0 aromatic carbocycles. The summed E-state index contributed by atoms with van der Waals surface area (Å²) in [4.78, 5) is 22.8. The lowest BCUT2D eigenvalue weighted by Gasteiger charge is -2.30. The standard InChI is InChI=1S/C12H23N3O3.C4H11BO2.C2H2/c1-3-7(2)10(13)11(16)15-8-4-5-14-9(6-8)12(17)18;1-2-3-4-5(6)7;1-2/h7-10,14H,3-6,13H2,1-2H3,(H,15,16)(H,17,18);6-7H,2-4H2,1H3;1-2H/t7-,8-,9+,10-;;/m0../s1. The van der Waals surface area contributed by atoms with Gasteiger partial charge in [-0.1, -0.05) is 40.0 Å². The number of hydrogen-bond donors (Lipinski definition) is 6. The highest BCUT2D eigenvalue weighted by Crippen LogP contribution is 2.11. The third kappa shape index (κ3) is 13.3. The number of nitrogens with one attached hydrogen (secondary N) is 2. The van der Waals surface area contributed by atoms with Gasteiger partial charge in [0.15, 0.2) is 0 Å². The summed E-state index contributed by atoms with van der Waals surface area (Å²) in [6.07, 6.45) is 12.4. The summed E-state index contributed by atoms with van der Waals surface area (Å²) in [6.45, 7) is 6.54. The summed E-state index contributed by atoms with van der Waals surface area (Å²) < 4.78 is 0. The SMILES string of the molecule is C#C.CCCCB(O)O.CC[C@H](C)[C@H](N)C(=O)N[C@H]1CCN[C@@H](C(=O)O)C1. The van der Waals surface area contributed by atoms with E-state index in [1.165, 1.54) is 0 Å². The molecule has 1 aliphatic rings. The van der Waals surface area contributed by atoms with E-state index in [1.54, 1.807) is 0 Å².